The van der Waals surface area contributed by atoms with Crippen LogP contribution in [0.1, 0.15) is 32.1 Å². The average molecular weight is 326 g/mol. The largest absolute Gasteiger partial charge is 0.341 e. The monoisotopic (exact) mass is 325 g/mol. The van der Waals surface area contributed by atoms with Gasteiger partial charge in [-0.2, -0.15) is 0 Å². The van der Waals surface area contributed by atoms with Crippen molar-refractivity contribution >= 4 is 30.7 Å². The quantitative estimate of drug-likeness (QED) is 0.859. The molecule has 2 aliphatic rings. The molecule has 0 spiro atoms. The molecular weight excluding hydrogens is 297 g/mol. The maximum absolute atomic E-state index is 12.3. The maximum atomic E-state index is 12.3. The van der Waals surface area contributed by atoms with Gasteiger partial charge in [0.05, 0.1) is 6.04 Å². The molecule has 0 aromatic rings. The van der Waals surface area contributed by atoms with Gasteiger partial charge in [0.2, 0.25) is 5.91 Å². The van der Waals surface area contributed by atoms with Crippen molar-refractivity contribution in [3.63, 3.8) is 0 Å². The third kappa shape index (κ3) is 5.76. The first-order valence-corrected chi connectivity index (χ1v) is 7.33. The van der Waals surface area contributed by atoms with Crippen LogP contribution in [0.15, 0.2) is 0 Å². The molecule has 0 aromatic heterocycles. The van der Waals surface area contributed by atoms with Gasteiger partial charge in [-0.1, -0.05) is 6.42 Å². The average Bonchev–Trinajstić information content (AvgIpc) is 2.39. The predicted molar refractivity (Wildman–Crippen MR) is 88.0 cm³/mol. The molecule has 120 valence electrons. The molecule has 2 rings (SSSR count). The second-order valence-electron chi connectivity index (χ2n) is 6.03. The van der Waals surface area contributed by atoms with Crippen LogP contribution in [0, 0.1) is 5.92 Å². The normalized spacial score (nSPS) is 23.9. The third-order valence-corrected chi connectivity index (χ3v) is 4.16. The summed E-state index contributed by atoms with van der Waals surface area (Å²) in [7, 11) is 4.26. The van der Waals surface area contributed by atoms with Crippen LogP contribution in [-0.2, 0) is 4.79 Å². The van der Waals surface area contributed by atoms with Crippen LogP contribution in [-0.4, -0.2) is 62.0 Å². The van der Waals surface area contributed by atoms with Crippen LogP contribution in [0.2, 0.25) is 0 Å². The fraction of sp³-hybridized carbons (Fsp3) is 0.929. The molecular formula is C14H29Cl2N3O. The van der Waals surface area contributed by atoms with Crippen LogP contribution >= 0.6 is 24.8 Å². The minimum Gasteiger partial charge on any atom is -0.341 e. The molecule has 20 heavy (non-hydrogen) atoms. The molecule has 0 bridgehead atoms. The van der Waals surface area contributed by atoms with Crippen molar-refractivity contribution < 1.29 is 4.79 Å². The van der Waals surface area contributed by atoms with Crippen molar-refractivity contribution in [2.24, 2.45) is 5.92 Å². The Bertz CT molecular complexity index is 276. The smallest absolute Gasteiger partial charge is 0.239 e. The van der Waals surface area contributed by atoms with Crippen molar-refractivity contribution in [3.05, 3.63) is 0 Å². The lowest BCUT2D eigenvalue weighted by molar-refractivity contribution is -0.135. The molecule has 0 unspecified atom stereocenters. The Kier molecular flexibility index (Phi) is 9.81. The number of nitrogens with zero attached hydrogens (tertiary/aromatic N) is 2. The van der Waals surface area contributed by atoms with E-state index in [4.69, 9.17) is 0 Å². The second-order valence-corrected chi connectivity index (χ2v) is 6.03. The van der Waals surface area contributed by atoms with Crippen LogP contribution in [0.5, 0.6) is 0 Å². The van der Waals surface area contributed by atoms with Gasteiger partial charge in [-0.3, -0.25) is 4.79 Å². The highest BCUT2D eigenvalue weighted by Crippen LogP contribution is 2.19. The van der Waals surface area contributed by atoms with E-state index >= 15 is 0 Å². The van der Waals surface area contributed by atoms with Crippen molar-refractivity contribution in [1.29, 1.82) is 0 Å². The summed E-state index contributed by atoms with van der Waals surface area (Å²) in [5, 5.41) is 3.36. The van der Waals surface area contributed by atoms with Crippen LogP contribution < -0.4 is 5.32 Å². The Morgan fingerprint density at radius 3 is 2.30 bits per heavy atom. The molecule has 2 saturated heterocycles. The molecule has 0 saturated carbocycles. The highest BCUT2D eigenvalue weighted by molar-refractivity contribution is 5.85. The zero-order valence-electron chi connectivity index (χ0n) is 12.6. The first kappa shape index (κ1) is 20.0. The van der Waals surface area contributed by atoms with E-state index in [-0.39, 0.29) is 30.9 Å². The van der Waals surface area contributed by atoms with Crippen molar-refractivity contribution in [2.75, 3.05) is 40.3 Å². The number of carbonyl (C=O) groups excluding carboxylic acids is 1. The lowest BCUT2D eigenvalue weighted by atomic mass is 9.95. The van der Waals surface area contributed by atoms with E-state index in [2.05, 4.69) is 29.2 Å². The number of likely N-dealkylation sites (tertiary alicyclic amines) is 1. The van der Waals surface area contributed by atoms with E-state index in [0.717, 1.165) is 51.4 Å². The molecule has 6 heteroatoms. The van der Waals surface area contributed by atoms with Gasteiger partial charge < -0.3 is 15.1 Å². The molecule has 1 amide bonds. The summed E-state index contributed by atoms with van der Waals surface area (Å²) < 4.78 is 0. The van der Waals surface area contributed by atoms with E-state index in [0.29, 0.717) is 5.91 Å². The Morgan fingerprint density at radius 1 is 1.15 bits per heavy atom. The molecule has 0 aliphatic carbocycles. The number of halogens is 2. The zero-order valence-corrected chi connectivity index (χ0v) is 14.3. The highest BCUT2D eigenvalue weighted by atomic mass is 35.5. The number of carbonyl (C=O) groups is 1. The van der Waals surface area contributed by atoms with E-state index in [1.54, 1.807) is 0 Å². The Hall–Kier alpha value is -0.0300. The van der Waals surface area contributed by atoms with Gasteiger partial charge >= 0.3 is 0 Å². The van der Waals surface area contributed by atoms with Crippen LogP contribution in [0.4, 0.5) is 0 Å². The van der Waals surface area contributed by atoms with Crippen LogP contribution in [0.3, 0.4) is 0 Å². The van der Waals surface area contributed by atoms with Gasteiger partial charge in [0, 0.05) is 19.6 Å². The summed E-state index contributed by atoms with van der Waals surface area (Å²) in [4.78, 5) is 16.7. The third-order valence-electron chi connectivity index (χ3n) is 4.16. The van der Waals surface area contributed by atoms with Gasteiger partial charge in [0.25, 0.3) is 0 Å². The molecule has 0 aromatic carbocycles. The molecule has 2 fully saturated rings. The van der Waals surface area contributed by atoms with E-state index in [1.165, 1.54) is 12.8 Å². The molecule has 2 heterocycles. The summed E-state index contributed by atoms with van der Waals surface area (Å²) in [5.41, 5.74) is 0. The predicted octanol–water partition coefficient (Wildman–Crippen LogP) is 1.77. The van der Waals surface area contributed by atoms with Gasteiger partial charge in [-0.15, -0.1) is 24.8 Å². The molecule has 4 nitrogen and oxygen atoms in total. The molecule has 1 atom stereocenters. The standard InChI is InChI=1S/C14H27N3O.2ClH/c1-16(2)11-12-6-9-17(10-7-12)14(18)13-5-3-4-8-15-13;;/h12-13,15H,3-11H2,1-2H3;2*1H/t13-;;/m1../s1. The Labute approximate surface area is 135 Å². The molecule has 0 radical (unpaired) electrons. The van der Waals surface area contributed by atoms with Crippen molar-refractivity contribution in [1.82, 2.24) is 15.1 Å². The Balaban J connectivity index is 0.00000180. The maximum Gasteiger partial charge on any atom is 0.239 e. The van der Waals surface area contributed by atoms with Crippen molar-refractivity contribution in [3.8, 4) is 0 Å². The SMILES string of the molecule is CN(C)CC1CCN(C(=O)[C@H]2CCCCN2)CC1.Cl.Cl. The fourth-order valence-electron chi connectivity index (χ4n) is 3.14. The number of hydrogen-bond donors (Lipinski definition) is 1. The fourth-order valence-corrected chi connectivity index (χ4v) is 3.14. The molecule has 2 aliphatic heterocycles. The van der Waals surface area contributed by atoms with Crippen LogP contribution in [0.25, 0.3) is 0 Å². The summed E-state index contributed by atoms with van der Waals surface area (Å²) in [6.45, 7) is 4.07. The number of hydrogen-bond acceptors (Lipinski definition) is 3. The van der Waals surface area contributed by atoms with E-state index < -0.39 is 0 Å². The topological polar surface area (TPSA) is 35.6 Å². The lowest BCUT2D eigenvalue weighted by Crippen LogP contribution is -2.51. The summed E-state index contributed by atoms with van der Waals surface area (Å²) >= 11 is 0. The zero-order chi connectivity index (χ0) is 13.0. The number of piperidine rings is 2. The van der Waals surface area contributed by atoms with Gasteiger partial charge in [0.1, 0.15) is 0 Å². The second kappa shape index (κ2) is 9.82. The van der Waals surface area contributed by atoms with E-state index in [9.17, 15) is 4.79 Å². The number of rotatable bonds is 3. The van der Waals surface area contributed by atoms with E-state index in [1.807, 2.05) is 0 Å². The summed E-state index contributed by atoms with van der Waals surface area (Å²) in [6.07, 6.45) is 5.76. The summed E-state index contributed by atoms with van der Waals surface area (Å²) in [6, 6.07) is 0.101. The Morgan fingerprint density at radius 2 is 1.80 bits per heavy atom. The van der Waals surface area contributed by atoms with Crippen molar-refractivity contribution in [2.45, 2.75) is 38.1 Å². The lowest BCUT2D eigenvalue weighted by Gasteiger charge is -2.36. The van der Waals surface area contributed by atoms with Gasteiger partial charge in [-0.05, 0) is 52.2 Å². The van der Waals surface area contributed by atoms with Gasteiger partial charge in [0.15, 0.2) is 0 Å². The first-order valence-electron chi connectivity index (χ1n) is 7.33. The highest BCUT2D eigenvalue weighted by Gasteiger charge is 2.28. The van der Waals surface area contributed by atoms with Gasteiger partial charge in [-0.25, -0.2) is 0 Å². The summed E-state index contributed by atoms with van der Waals surface area (Å²) in [5.74, 6) is 1.11. The minimum absolute atomic E-state index is 0. The number of nitrogens with one attached hydrogen (secondary N) is 1. The minimum atomic E-state index is 0. The number of amides is 1. The molecule has 1 N–H and O–H groups in total. The first-order chi connectivity index (χ1) is 8.66.